The van der Waals surface area contributed by atoms with Gasteiger partial charge in [0, 0.05) is 31.5 Å². The molecule has 0 atom stereocenters. The van der Waals surface area contributed by atoms with Gasteiger partial charge in [-0.3, -0.25) is 19.3 Å². The van der Waals surface area contributed by atoms with Crippen molar-refractivity contribution in [3.63, 3.8) is 0 Å². The van der Waals surface area contributed by atoms with Gasteiger partial charge in [0.15, 0.2) is 0 Å². The van der Waals surface area contributed by atoms with Gasteiger partial charge in [0.25, 0.3) is 11.8 Å². The molecule has 5 nitrogen and oxygen atoms in total. The highest BCUT2D eigenvalue weighted by Crippen LogP contribution is 2.22. The Morgan fingerprint density at radius 2 is 1.59 bits per heavy atom. The van der Waals surface area contributed by atoms with Crippen molar-refractivity contribution in [2.24, 2.45) is 0 Å². The standard InChI is InChI=1S/C21H22N2O3S/c1-22(14-15-9-11-16(27-2)12-10-15)19(24)8-5-13-23-20(25)17-6-3-4-7-18(17)21(23)26/h3-4,6-7,9-12H,5,8,13-14H2,1-2H3. The molecule has 3 rings (SSSR count). The van der Waals surface area contributed by atoms with E-state index in [1.165, 1.54) is 9.80 Å². The van der Waals surface area contributed by atoms with Gasteiger partial charge >= 0.3 is 0 Å². The molecule has 0 bridgehead atoms. The first-order chi connectivity index (χ1) is 13.0. The third-order valence-electron chi connectivity index (χ3n) is 4.66. The van der Waals surface area contributed by atoms with Crippen molar-refractivity contribution < 1.29 is 14.4 Å². The molecule has 0 fully saturated rings. The first kappa shape index (κ1) is 19.2. The average molecular weight is 382 g/mol. The van der Waals surface area contributed by atoms with E-state index in [0.717, 1.165) is 5.56 Å². The first-order valence-electron chi connectivity index (χ1n) is 8.83. The third-order valence-corrected chi connectivity index (χ3v) is 5.40. The summed E-state index contributed by atoms with van der Waals surface area (Å²) in [5.74, 6) is -0.545. The third kappa shape index (κ3) is 4.22. The fraction of sp³-hybridized carbons (Fsp3) is 0.286. The van der Waals surface area contributed by atoms with Crippen molar-refractivity contribution in [1.29, 1.82) is 0 Å². The van der Waals surface area contributed by atoms with Gasteiger partial charge in [0.1, 0.15) is 0 Å². The van der Waals surface area contributed by atoms with Crippen molar-refractivity contribution in [3.05, 3.63) is 65.2 Å². The summed E-state index contributed by atoms with van der Waals surface area (Å²) < 4.78 is 0. The summed E-state index contributed by atoms with van der Waals surface area (Å²) in [6.45, 7) is 0.800. The summed E-state index contributed by atoms with van der Waals surface area (Å²) in [4.78, 5) is 41.1. The Morgan fingerprint density at radius 1 is 1.00 bits per heavy atom. The van der Waals surface area contributed by atoms with E-state index < -0.39 is 0 Å². The molecule has 1 heterocycles. The van der Waals surface area contributed by atoms with Crippen LogP contribution >= 0.6 is 11.8 Å². The van der Waals surface area contributed by atoms with Crippen LogP contribution in [0.25, 0.3) is 0 Å². The minimum absolute atomic E-state index is 0.000511. The van der Waals surface area contributed by atoms with Crippen molar-refractivity contribution in [2.75, 3.05) is 19.8 Å². The molecule has 140 valence electrons. The van der Waals surface area contributed by atoms with Crippen LogP contribution in [0.15, 0.2) is 53.4 Å². The number of benzene rings is 2. The Hall–Kier alpha value is -2.60. The molecule has 2 aromatic rings. The second-order valence-corrected chi connectivity index (χ2v) is 7.39. The second-order valence-electron chi connectivity index (χ2n) is 6.51. The van der Waals surface area contributed by atoms with E-state index in [9.17, 15) is 14.4 Å². The van der Waals surface area contributed by atoms with Crippen LogP contribution in [0.4, 0.5) is 0 Å². The topological polar surface area (TPSA) is 57.7 Å². The summed E-state index contributed by atoms with van der Waals surface area (Å²) in [5, 5.41) is 0. The van der Waals surface area contributed by atoms with E-state index >= 15 is 0 Å². The Kier molecular flexibility index (Phi) is 5.96. The second kappa shape index (κ2) is 8.39. The van der Waals surface area contributed by atoms with Gasteiger partial charge in [-0.05, 0) is 42.5 Å². The zero-order valence-electron chi connectivity index (χ0n) is 15.5. The van der Waals surface area contributed by atoms with Gasteiger partial charge in [0.05, 0.1) is 11.1 Å². The maximum absolute atomic E-state index is 12.4. The molecule has 0 aliphatic carbocycles. The number of amides is 3. The van der Waals surface area contributed by atoms with Crippen LogP contribution in [-0.2, 0) is 11.3 Å². The normalized spacial score (nSPS) is 13.0. The minimum Gasteiger partial charge on any atom is -0.341 e. The van der Waals surface area contributed by atoms with E-state index in [-0.39, 0.29) is 24.3 Å². The van der Waals surface area contributed by atoms with Gasteiger partial charge in [-0.1, -0.05) is 24.3 Å². The Balaban J connectivity index is 1.49. The number of nitrogens with zero attached hydrogens (tertiary/aromatic N) is 2. The van der Waals surface area contributed by atoms with Crippen LogP contribution in [0.2, 0.25) is 0 Å². The van der Waals surface area contributed by atoms with Gasteiger partial charge in [-0.15, -0.1) is 11.8 Å². The number of hydrogen-bond acceptors (Lipinski definition) is 4. The predicted molar refractivity (Wildman–Crippen MR) is 106 cm³/mol. The molecule has 0 unspecified atom stereocenters. The Bertz CT molecular complexity index is 829. The van der Waals surface area contributed by atoms with Crippen LogP contribution in [0, 0.1) is 0 Å². The molecule has 6 heteroatoms. The van der Waals surface area contributed by atoms with E-state index in [0.29, 0.717) is 30.5 Å². The number of carbonyl (C=O) groups is 3. The number of fused-ring (bicyclic) bond motifs is 1. The van der Waals surface area contributed by atoms with Crippen LogP contribution in [0.5, 0.6) is 0 Å². The summed E-state index contributed by atoms with van der Waals surface area (Å²) in [6, 6.07) is 15.0. The number of rotatable bonds is 7. The highest BCUT2D eigenvalue weighted by molar-refractivity contribution is 7.98. The lowest BCUT2D eigenvalue weighted by Gasteiger charge is -2.19. The van der Waals surface area contributed by atoms with Crippen LogP contribution in [-0.4, -0.2) is 47.4 Å². The molecule has 3 amide bonds. The lowest BCUT2D eigenvalue weighted by Crippen LogP contribution is -2.32. The van der Waals surface area contributed by atoms with E-state index in [2.05, 4.69) is 0 Å². The predicted octanol–water partition coefficient (Wildman–Crippen LogP) is 3.44. The van der Waals surface area contributed by atoms with E-state index in [1.807, 2.05) is 30.5 Å². The maximum Gasteiger partial charge on any atom is 0.261 e. The highest BCUT2D eigenvalue weighted by Gasteiger charge is 2.34. The number of hydrogen-bond donors (Lipinski definition) is 0. The molecular weight excluding hydrogens is 360 g/mol. The Morgan fingerprint density at radius 3 is 2.15 bits per heavy atom. The number of thioether (sulfide) groups is 1. The molecule has 27 heavy (non-hydrogen) atoms. The fourth-order valence-electron chi connectivity index (χ4n) is 3.11. The molecule has 1 aliphatic heterocycles. The minimum atomic E-state index is -0.273. The first-order valence-corrected chi connectivity index (χ1v) is 10.1. The van der Waals surface area contributed by atoms with Crippen molar-refractivity contribution in [2.45, 2.75) is 24.3 Å². The average Bonchev–Trinajstić information content (AvgIpc) is 2.93. The van der Waals surface area contributed by atoms with Gasteiger partial charge in [0.2, 0.25) is 5.91 Å². The zero-order valence-corrected chi connectivity index (χ0v) is 16.3. The molecule has 2 aromatic carbocycles. The van der Waals surface area contributed by atoms with Crippen molar-refractivity contribution in [3.8, 4) is 0 Å². The van der Waals surface area contributed by atoms with Crippen molar-refractivity contribution in [1.82, 2.24) is 9.80 Å². The van der Waals surface area contributed by atoms with Gasteiger partial charge < -0.3 is 4.90 Å². The van der Waals surface area contributed by atoms with Gasteiger partial charge in [-0.2, -0.15) is 0 Å². The molecule has 0 saturated carbocycles. The summed E-state index contributed by atoms with van der Waals surface area (Å²) in [7, 11) is 1.77. The molecule has 0 saturated heterocycles. The molecule has 1 aliphatic rings. The van der Waals surface area contributed by atoms with Crippen LogP contribution in [0.1, 0.15) is 39.1 Å². The molecular formula is C21H22N2O3S. The molecule has 0 N–H and O–H groups in total. The van der Waals surface area contributed by atoms with Gasteiger partial charge in [-0.25, -0.2) is 0 Å². The monoisotopic (exact) mass is 382 g/mol. The number of carbonyl (C=O) groups excluding carboxylic acids is 3. The molecule has 0 spiro atoms. The van der Waals surface area contributed by atoms with E-state index in [1.54, 1.807) is 48.0 Å². The molecule has 0 radical (unpaired) electrons. The largest absolute Gasteiger partial charge is 0.341 e. The van der Waals surface area contributed by atoms with Crippen LogP contribution < -0.4 is 0 Å². The zero-order chi connectivity index (χ0) is 19.4. The van der Waals surface area contributed by atoms with E-state index in [4.69, 9.17) is 0 Å². The lowest BCUT2D eigenvalue weighted by atomic mass is 10.1. The smallest absolute Gasteiger partial charge is 0.261 e. The van der Waals surface area contributed by atoms with Crippen molar-refractivity contribution >= 4 is 29.5 Å². The highest BCUT2D eigenvalue weighted by atomic mass is 32.2. The fourth-order valence-corrected chi connectivity index (χ4v) is 3.52. The molecule has 0 aromatic heterocycles. The number of imide groups is 1. The SMILES string of the molecule is CSc1ccc(CN(C)C(=O)CCCN2C(=O)c3ccccc3C2=O)cc1. The quantitative estimate of drug-likeness (QED) is 0.544. The summed E-state index contributed by atoms with van der Waals surface area (Å²) in [5.41, 5.74) is 1.96. The Labute approximate surface area is 163 Å². The summed E-state index contributed by atoms with van der Waals surface area (Å²) >= 11 is 1.68. The van der Waals surface area contributed by atoms with Crippen LogP contribution in [0.3, 0.4) is 0 Å². The maximum atomic E-state index is 12.4. The summed E-state index contributed by atoms with van der Waals surface area (Å²) in [6.07, 6.45) is 2.78. The lowest BCUT2D eigenvalue weighted by molar-refractivity contribution is -0.130.